The van der Waals surface area contributed by atoms with E-state index in [9.17, 15) is 0 Å². The number of likely N-dealkylation sites (tertiary alicyclic amines) is 1. The molecule has 4 heterocycles. The molecule has 0 aromatic carbocycles. The highest BCUT2D eigenvalue weighted by atomic mass is 32.1. The molecule has 1 aliphatic carbocycles. The number of rotatable bonds is 6. The van der Waals surface area contributed by atoms with E-state index >= 15 is 0 Å². The van der Waals surface area contributed by atoms with Gasteiger partial charge in [0.25, 0.3) is 0 Å². The van der Waals surface area contributed by atoms with Gasteiger partial charge in [0.2, 0.25) is 5.95 Å². The number of nitrogens with one attached hydrogen (secondary N) is 1. The third-order valence-corrected chi connectivity index (χ3v) is 7.87. The molecule has 6 nitrogen and oxygen atoms in total. The Labute approximate surface area is 176 Å². The van der Waals surface area contributed by atoms with Crippen molar-refractivity contribution in [2.45, 2.75) is 63.3 Å². The van der Waals surface area contributed by atoms with E-state index in [1.54, 1.807) is 12.0 Å². The second kappa shape index (κ2) is 7.95. The van der Waals surface area contributed by atoms with Gasteiger partial charge in [-0.25, -0.2) is 9.97 Å². The summed E-state index contributed by atoms with van der Waals surface area (Å²) >= 11 is 1.99. The van der Waals surface area contributed by atoms with Gasteiger partial charge in [-0.15, -0.1) is 11.3 Å². The number of aryl methyl sites for hydroxylation is 1. The van der Waals surface area contributed by atoms with E-state index in [1.807, 2.05) is 23.7 Å². The topological polar surface area (TPSA) is 59.5 Å². The van der Waals surface area contributed by atoms with Crippen LogP contribution in [0, 0.1) is 0 Å². The van der Waals surface area contributed by atoms with Crippen molar-refractivity contribution >= 4 is 17.3 Å². The van der Waals surface area contributed by atoms with Gasteiger partial charge in [-0.3, -0.25) is 4.90 Å². The van der Waals surface area contributed by atoms with Crippen LogP contribution < -0.4 is 5.32 Å². The van der Waals surface area contributed by atoms with Crippen molar-refractivity contribution in [3.05, 3.63) is 39.3 Å². The highest BCUT2D eigenvalue weighted by molar-refractivity contribution is 7.12. The molecule has 0 bridgehead atoms. The summed E-state index contributed by atoms with van der Waals surface area (Å²) in [7, 11) is 1.75. The number of fused-ring (bicyclic) bond motifs is 2. The summed E-state index contributed by atoms with van der Waals surface area (Å²) in [6.07, 6.45) is 9.58. The first-order valence-corrected chi connectivity index (χ1v) is 11.6. The second-order valence-electron chi connectivity index (χ2n) is 8.45. The molecule has 0 amide bonds. The Balaban J connectivity index is 1.18. The molecule has 0 radical (unpaired) electrons. The van der Waals surface area contributed by atoms with Crippen molar-refractivity contribution in [3.8, 4) is 0 Å². The molecule has 2 aromatic heterocycles. The quantitative estimate of drug-likeness (QED) is 0.782. The van der Waals surface area contributed by atoms with E-state index in [2.05, 4.69) is 33.2 Å². The van der Waals surface area contributed by atoms with Gasteiger partial charge >= 0.3 is 0 Å². The van der Waals surface area contributed by atoms with Crippen LogP contribution in [-0.4, -0.2) is 53.8 Å². The zero-order valence-electron chi connectivity index (χ0n) is 17.3. The monoisotopic (exact) mass is 414 g/mol. The van der Waals surface area contributed by atoms with E-state index in [4.69, 9.17) is 9.47 Å². The Hall–Kier alpha value is -1.54. The fourth-order valence-electron chi connectivity index (χ4n) is 4.65. The van der Waals surface area contributed by atoms with Crippen LogP contribution in [-0.2, 0) is 34.5 Å². The van der Waals surface area contributed by atoms with Gasteiger partial charge in [0, 0.05) is 60.9 Å². The van der Waals surface area contributed by atoms with Crippen molar-refractivity contribution in [1.82, 2.24) is 14.9 Å². The number of ether oxygens (including phenoxy) is 2. The fourth-order valence-corrected chi connectivity index (χ4v) is 5.83. The van der Waals surface area contributed by atoms with Crippen LogP contribution in [0.4, 0.5) is 5.95 Å². The smallest absolute Gasteiger partial charge is 0.222 e. The second-order valence-corrected chi connectivity index (χ2v) is 9.67. The van der Waals surface area contributed by atoms with Gasteiger partial charge in [-0.2, -0.15) is 0 Å². The molecule has 2 unspecified atom stereocenters. The van der Waals surface area contributed by atoms with Crippen molar-refractivity contribution in [3.63, 3.8) is 0 Å². The first kappa shape index (κ1) is 19.4. The third kappa shape index (κ3) is 3.93. The van der Waals surface area contributed by atoms with Crippen molar-refractivity contribution in [2.75, 3.05) is 32.1 Å². The molecule has 29 heavy (non-hydrogen) atoms. The summed E-state index contributed by atoms with van der Waals surface area (Å²) in [6, 6.07) is 2.78. The minimum Gasteiger partial charge on any atom is -0.379 e. The number of hydrogen-bond donors (Lipinski definition) is 1. The summed E-state index contributed by atoms with van der Waals surface area (Å²) in [6.45, 7) is 6.11. The average Bonchev–Trinajstić information content (AvgIpc) is 3.36. The zero-order chi connectivity index (χ0) is 19.8. The number of anilines is 1. The molecule has 1 saturated carbocycles. The lowest BCUT2D eigenvalue weighted by Gasteiger charge is -2.44. The Bertz CT molecular complexity index is 845. The fraction of sp³-hybridized carbons (Fsp3) is 0.636. The number of methoxy groups -OCH3 is 1. The maximum atomic E-state index is 6.40. The van der Waals surface area contributed by atoms with Gasteiger partial charge in [-0.1, -0.05) is 6.92 Å². The number of hydrogen-bond acceptors (Lipinski definition) is 7. The molecule has 3 aliphatic rings. The molecule has 2 aromatic rings. The predicted octanol–water partition coefficient (Wildman–Crippen LogP) is 3.36. The number of thiophene rings is 1. The largest absolute Gasteiger partial charge is 0.379 e. The number of piperidine rings is 1. The number of aromatic nitrogens is 2. The zero-order valence-corrected chi connectivity index (χ0v) is 18.1. The highest BCUT2D eigenvalue weighted by Crippen LogP contribution is 2.44. The Kier molecular flexibility index (Phi) is 5.32. The Morgan fingerprint density at radius 3 is 2.79 bits per heavy atom. The lowest BCUT2D eigenvalue weighted by atomic mass is 9.82. The first-order valence-electron chi connectivity index (χ1n) is 10.8. The minimum absolute atomic E-state index is 0.0551. The summed E-state index contributed by atoms with van der Waals surface area (Å²) < 4.78 is 11.7. The molecule has 156 valence electrons. The van der Waals surface area contributed by atoms with Gasteiger partial charge in [0.1, 0.15) is 0 Å². The molecular formula is C22H30N4O2S. The van der Waals surface area contributed by atoms with E-state index in [-0.39, 0.29) is 5.60 Å². The lowest BCUT2D eigenvalue weighted by Crippen LogP contribution is -2.45. The van der Waals surface area contributed by atoms with Gasteiger partial charge in [0.15, 0.2) is 0 Å². The molecule has 5 rings (SSSR count). The Morgan fingerprint density at radius 2 is 2.10 bits per heavy atom. The molecule has 2 atom stereocenters. The summed E-state index contributed by atoms with van der Waals surface area (Å²) in [4.78, 5) is 14.5. The lowest BCUT2D eigenvalue weighted by molar-refractivity contribution is -0.0981. The molecule has 1 spiro atoms. The van der Waals surface area contributed by atoms with E-state index in [1.165, 1.54) is 16.0 Å². The molecule has 1 saturated heterocycles. The van der Waals surface area contributed by atoms with Crippen LogP contribution in [0.1, 0.15) is 47.1 Å². The van der Waals surface area contributed by atoms with Crippen LogP contribution in [0.5, 0.6) is 0 Å². The first-order chi connectivity index (χ1) is 14.2. The number of nitrogens with zero attached hydrogens (tertiary/aromatic N) is 3. The molecule has 2 aliphatic heterocycles. The van der Waals surface area contributed by atoms with Gasteiger partial charge in [0.05, 0.1) is 24.4 Å². The molecule has 7 heteroatoms. The minimum atomic E-state index is -0.0551. The summed E-state index contributed by atoms with van der Waals surface area (Å²) in [5, 5.41) is 3.33. The van der Waals surface area contributed by atoms with E-state index in [0.29, 0.717) is 18.1 Å². The maximum absolute atomic E-state index is 6.40. The summed E-state index contributed by atoms with van der Waals surface area (Å²) in [5.74, 6) is 0.697. The predicted molar refractivity (Wildman–Crippen MR) is 114 cm³/mol. The van der Waals surface area contributed by atoms with Crippen LogP contribution in [0.15, 0.2) is 18.5 Å². The molecule has 1 N–H and O–H groups in total. The Morgan fingerprint density at radius 1 is 1.31 bits per heavy atom. The SMILES string of the molecule is CCc1cc2c(s1)CCOC21CCN(Cc2cnc(NC3CC3OC)nc2)CC1. The average molecular weight is 415 g/mol. The molecule has 2 fully saturated rings. The van der Waals surface area contributed by atoms with Crippen LogP contribution in [0.2, 0.25) is 0 Å². The van der Waals surface area contributed by atoms with Crippen LogP contribution in [0.25, 0.3) is 0 Å². The van der Waals surface area contributed by atoms with E-state index < -0.39 is 0 Å². The standard InChI is InChI=1S/C22H30N4O2S/c1-3-16-10-17-20(29-16)4-9-28-22(17)5-7-26(8-6-22)14-15-12-23-21(24-13-15)25-18-11-19(18)27-2/h10,12-13,18-19H,3-9,11,14H2,1-2H3,(H,23,24,25). The van der Waals surface area contributed by atoms with Gasteiger partial charge in [-0.05, 0) is 37.3 Å². The third-order valence-electron chi connectivity index (χ3n) is 6.53. The normalized spacial score (nSPS) is 25.7. The molecular weight excluding hydrogens is 384 g/mol. The van der Waals surface area contributed by atoms with Crippen LogP contribution >= 0.6 is 11.3 Å². The highest BCUT2D eigenvalue weighted by Gasteiger charge is 2.42. The maximum Gasteiger partial charge on any atom is 0.222 e. The van der Waals surface area contributed by atoms with E-state index in [0.717, 1.165) is 58.3 Å². The van der Waals surface area contributed by atoms with Crippen molar-refractivity contribution in [1.29, 1.82) is 0 Å². The van der Waals surface area contributed by atoms with Crippen LogP contribution in [0.3, 0.4) is 0 Å². The van der Waals surface area contributed by atoms with Crippen molar-refractivity contribution in [2.24, 2.45) is 0 Å². The van der Waals surface area contributed by atoms with Crippen molar-refractivity contribution < 1.29 is 9.47 Å². The van der Waals surface area contributed by atoms with Gasteiger partial charge < -0.3 is 14.8 Å². The summed E-state index contributed by atoms with van der Waals surface area (Å²) in [5.41, 5.74) is 2.60.